The Bertz CT molecular complexity index is 179. The van der Waals surface area contributed by atoms with Crippen LogP contribution in [0.5, 0.6) is 0 Å². The molecule has 0 aromatic carbocycles. The minimum atomic E-state index is 0.354. The Morgan fingerprint density at radius 1 is 1.06 bits per heavy atom. The van der Waals surface area contributed by atoms with Gasteiger partial charge in [-0.05, 0) is 44.1 Å². The van der Waals surface area contributed by atoms with Crippen LogP contribution in [0.3, 0.4) is 0 Å². The van der Waals surface area contributed by atoms with E-state index >= 15 is 0 Å². The molecule has 0 aliphatic carbocycles. The zero-order valence-electron chi connectivity index (χ0n) is 12.2. The van der Waals surface area contributed by atoms with Crippen LogP contribution in [-0.2, 0) is 4.74 Å². The van der Waals surface area contributed by atoms with Crippen molar-refractivity contribution in [2.45, 2.75) is 53.4 Å². The largest absolute Gasteiger partial charge is 0.381 e. The summed E-state index contributed by atoms with van der Waals surface area (Å²) in [5.74, 6) is 1.50. The highest BCUT2D eigenvalue weighted by Crippen LogP contribution is 2.34. The van der Waals surface area contributed by atoms with Crippen LogP contribution in [0, 0.1) is 17.3 Å². The summed E-state index contributed by atoms with van der Waals surface area (Å²) in [5, 5.41) is 3.65. The quantitative estimate of drug-likeness (QED) is 0.814. The van der Waals surface area contributed by atoms with Gasteiger partial charge in [0.05, 0.1) is 6.61 Å². The lowest BCUT2D eigenvalue weighted by Crippen LogP contribution is -2.40. The van der Waals surface area contributed by atoms with Crippen LogP contribution >= 0.6 is 0 Å². The standard InChI is InChI=1S/C15H31NO/c1-13(2)9-15(10-14(3)4)11-16-7-5-6-8-17-12-15/h13-14,16H,5-12H2,1-4H3. The Morgan fingerprint density at radius 2 is 1.71 bits per heavy atom. The minimum absolute atomic E-state index is 0.354. The van der Waals surface area contributed by atoms with Gasteiger partial charge in [0.25, 0.3) is 0 Å². The van der Waals surface area contributed by atoms with Crippen molar-refractivity contribution in [3.05, 3.63) is 0 Å². The fourth-order valence-electron chi connectivity index (χ4n) is 3.22. The second-order valence-corrected chi connectivity index (χ2v) is 6.63. The topological polar surface area (TPSA) is 21.3 Å². The first kappa shape index (κ1) is 15.0. The fraction of sp³-hybridized carbons (Fsp3) is 1.00. The molecule has 1 heterocycles. The predicted molar refractivity (Wildman–Crippen MR) is 74.3 cm³/mol. The molecule has 1 saturated heterocycles. The maximum atomic E-state index is 5.93. The van der Waals surface area contributed by atoms with Gasteiger partial charge in [0.2, 0.25) is 0 Å². The van der Waals surface area contributed by atoms with E-state index in [-0.39, 0.29) is 0 Å². The molecule has 0 atom stereocenters. The van der Waals surface area contributed by atoms with Crippen molar-refractivity contribution in [2.24, 2.45) is 17.3 Å². The summed E-state index contributed by atoms with van der Waals surface area (Å²) < 4.78 is 5.93. The molecule has 0 amide bonds. The van der Waals surface area contributed by atoms with Gasteiger partial charge >= 0.3 is 0 Å². The van der Waals surface area contributed by atoms with Gasteiger partial charge in [0.15, 0.2) is 0 Å². The number of rotatable bonds is 4. The smallest absolute Gasteiger partial charge is 0.0534 e. The summed E-state index contributed by atoms with van der Waals surface area (Å²) in [5.41, 5.74) is 0.354. The highest BCUT2D eigenvalue weighted by atomic mass is 16.5. The summed E-state index contributed by atoms with van der Waals surface area (Å²) in [7, 11) is 0. The van der Waals surface area contributed by atoms with Crippen molar-refractivity contribution in [2.75, 3.05) is 26.3 Å². The summed E-state index contributed by atoms with van der Waals surface area (Å²) in [6.07, 6.45) is 5.00. The third-order valence-corrected chi connectivity index (χ3v) is 3.48. The van der Waals surface area contributed by atoms with E-state index in [1.54, 1.807) is 0 Å². The van der Waals surface area contributed by atoms with Gasteiger partial charge in [-0.25, -0.2) is 0 Å². The Morgan fingerprint density at radius 3 is 2.29 bits per heavy atom. The van der Waals surface area contributed by atoms with Crippen LogP contribution in [0.15, 0.2) is 0 Å². The SMILES string of the molecule is CC(C)CC1(CC(C)C)CNCCCCOC1. The second kappa shape index (κ2) is 7.38. The molecule has 0 aromatic rings. The molecule has 1 N–H and O–H groups in total. The molecule has 17 heavy (non-hydrogen) atoms. The van der Waals surface area contributed by atoms with E-state index < -0.39 is 0 Å². The summed E-state index contributed by atoms with van der Waals surface area (Å²) >= 11 is 0. The molecule has 0 spiro atoms. The molecule has 2 heteroatoms. The van der Waals surface area contributed by atoms with Crippen molar-refractivity contribution >= 4 is 0 Å². The van der Waals surface area contributed by atoms with Gasteiger partial charge in [-0.15, -0.1) is 0 Å². The van der Waals surface area contributed by atoms with Gasteiger partial charge in [0.1, 0.15) is 0 Å². The summed E-state index contributed by atoms with van der Waals surface area (Å²) in [6, 6.07) is 0. The first-order valence-corrected chi connectivity index (χ1v) is 7.32. The van der Waals surface area contributed by atoms with E-state index in [0.717, 1.165) is 38.1 Å². The van der Waals surface area contributed by atoms with Crippen LogP contribution in [0.4, 0.5) is 0 Å². The average molecular weight is 241 g/mol. The third kappa shape index (κ3) is 5.87. The highest BCUT2D eigenvalue weighted by Gasteiger charge is 2.32. The van der Waals surface area contributed by atoms with Crippen LogP contribution in [0.1, 0.15) is 53.4 Å². The monoisotopic (exact) mass is 241 g/mol. The van der Waals surface area contributed by atoms with E-state index in [1.807, 2.05) is 0 Å². The highest BCUT2D eigenvalue weighted by molar-refractivity contribution is 4.84. The predicted octanol–water partition coefficient (Wildman–Crippen LogP) is 3.47. The van der Waals surface area contributed by atoms with Crippen LogP contribution in [-0.4, -0.2) is 26.3 Å². The van der Waals surface area contributed by atoms with Crippen molar-refractivity contribution < 1.29 is 4.74 Å². The molecule has 1 fully saturated rings. The van der Waals surface area contributed by atoms with E-state index in [9.17, 15) is 0 Å². The first-order valence-electron chi connectivity index (χ1n) is 7.32. The van der Waals surface area contributed by atoms with Crippen molar-refractivity contribution in [1.82, 2.24) is 5.32 Å². The molecule has 1 rings (SSSR count). The van der Waals surface area contributed by atoms with Crippen LogP contribution < -0.4 is 5.32 Å². The number of ether oxygens (including phenoxy) is 1. The van der Waals surface area contributed by atoms with Gasteiger partial charge in [-0.3, -0.25) is 0 Å². The molecule has 0 unspecified atom stereocenters. The van der Waals surface area contributed by atoms with Crippen LogP contribution in [0.2, 0.25) is 0 Å². The van der Waals surface area contributed by atoms with Crippen molar-refractivity contribution in [3.8, 4) is 0 Å². The lowest BCUT2D eigenvalue weighted by atomic mass is 9.74. The van der Waals surface area contributed by atoms with E-state index in [2.05, 4.69) is 33.0 Å². The lowest BCUT2D eigenvalue weighted by Gasteiger charge is -2.36. The molecule has 2 nitrogen and oxygen atoms in total. The Balaban J connectivity index is 2.67. The van der Waals surface area contributed by atoms with Crippen molar-refractivity contribution in [1.29, 1.82) is 0 Å². The average Bonchev–Trinajstić information content (AvgIpc) is 2.28. The number of nitrogens with one attached hydrogen (secondary N) is 1. The van der Waals surface area contributed by atoms with E-state index in [0.29, 0.717) is 5.41 Å². The first-order chi connectivity index (χ1) is 8.04. The zero-order chi connectivity index (χ0) is 12.7. The molecule has 0 saturated carbocycles. The van der Waals surface area contributed by atoms with Gasteiger partial charge in [0, 0.05) is 18.6 Å². The van der Waals surface area contributed by atoms with Gasteiger partial charge < -0.3 is 10.1 Å². The van der Waals surface area contributed by atoms with Crippen molar-refractivity contribution in [3.63, 3.8) is 0 Å². The van der Waals surface area contributed by atoms with E-state index in [4.69, 9.17) is 4.74 Å². The minimum Gasteiger partial charge on any atom is -0.381 e. The maximum absolute atomic E-state index is 5.93. The molecular weight excluding hydrogens is 210 g/mol. The molecule has 102 valence electrons. The zero-order valence-corrected chi connectivity index (χ0v) is 12.2. The Hall–Kier alpha value is -0.0800. The fourth-order valence-corrected chi connectivity index (χ4v) is 3.22. The Labute approximate surface area is 108 Å². The lowest BCUT2D eigenvalue weighted by molar-refractivity contribution is 0.0215. The summed E-state index contributed by atoms with van der Waals surface area (Å²) in [6.45, 7) is 13.5. The second-order valence-electron chi connectivity index (χ2n) is 6.63. The normalized spacial score (nSPS) is 22.2. The number of hydrogen-bond donors (Lipinski definition) is 1. The van der Waals surface area contributed by atoms with Gasteiger partial charge in [-0.2, -0.15) is 0 Å². The van der Waals surface area contributed by atoms with Gasteiger partial charge in [-0.1, -0.05) is 27.7 Å². The molecule has 0 radical (unpaired) electrons. The third-order valence-electron chi connectivity index (χ3n) is 3.48. The summed E-state index contributed by atoms with van der Waals surface area (Å²) in [4.78, 5) is 0. The maximum Gasteiger partial charge on any atom is 0.0534 e. The Kier molecular flexibility index (Phi) is 6.50. The molecule has 0 bridgehead atoms. The molecule has 1 aliphatic rings. The molecule has 0 aromatic heterocycles. The molecular formula is C15H31NO. The molecule has 1 aliphatic heterocycles. The van der Waals surface area contributed by atoms with Crippen LogP contribution in [0.25, 0.3) is 0 Å². The number of hydrogen-bond acceptors (Lipinski definition) is 2. The van der Waals surface area contributed by atoms with E-state index in [1.165, 1.54) is 25.7 Å².